The van der Waals surface area contributed by atoms with Crippen LogP contribution in [0.2, 0.25) is 0 Å². The molecule has 0 bridgehead atoms. The topological polar surface area (TPSA) is 68.6 Å². The van der Waals surface area contributed by atoms with Gasteiger partial charge >= 0.3 is 0 Å². The number of hydrogen-bond donors (Lipinski definition) is 1. The minimum absolute atomic E-state index is 0.0299. The number of aliphatic hydroxyl groups excluding tert-OH is 1. The zero-order chi connectivity index (χ0) is 22.5. The third-order valence-corrected chi connectivity index (χ3v) is 5.21. The van der Waals surface area contributed by atoms with Gasteiger partial charge in [0.25, 0.3) is 0 Å². The number of aliphatic hydroxyl groups is 1. The van der Waals surface area contributed by atoms with E-state index in [0.717, 1.165) is 33.9 Å². The normalized spacial score (nSPS) is 11.0. The molecule has 1 aromatic heterocycles. The number of nitrogens with zero attached hydrogens (tertiary/aromatic N) is 6. The van der Waals surface area contributed by atoms with E-state index in [0.29, 0.717) is 12.5 Å². The largest absolute Gasteiger partial charge is 0.395 e. The molecule has 1 N–H and O–H groups in total. The lowest BCUT2D eigenvalue weighted by Gasteiger charge is -2.26. The molecular formula is C24H32N6O. The molecule has 0 saturated carbocycles. The van der Waals surface area contributed by atoms with E-state index >= 15 is 0 Å². The van der Waals surface area contributed by atoms with Crippen molar-refractivity contribution >= 4 is 17.3 Å². The van der Waals surface area contributed by atoms with Crippen molar-refractivity contribution < 1.29 is 5.11 Å². The summed E-state index contributed by atoms with van der Waals surface area (Å²) < 4.78 is 0. The fourth-order valence-corrected chi connectivity index (χ4v) is 3.37. The van der Waals surface area contributed by atoms with Crippen molar-refractivity contribution in [2.24, 2.45) is 0 Å². The van der Waals surface area contributed by atoms with Gasteiger partial charge in [-0.05, 0) is 38.1 Å². The molecule has 31 heavy (non-hydrogen) atoms. The van der Waals surface area contributed by atoms with E-state index < -0.39 is 0 Å². The fraction of sp³-hybridized carbons (Fsp3) is 0.375. The van der Waals surface area contributed by atoms with Crippen LogP contribution in [0.5, 0.6) is 0 Å². The van der Waals surface area contributed by atoms with Gasteiger partial charge in [-0.25, -0.2) is 4.98 Å². The first kappa shape index (κ1) is 22.5. The predicted molar refractivity (Wildman–Crippen MR) is 129 cm³/mol. The van der Waals surface area contributed by atoms with Gasteiger partial charge in [0.15, 0.2) is 0 Å². The fourth-order valence-electron chi connectivity index (χ4n) is 3.37. The first-order valence-electron chi connectivity index (χ1n) is 10.5. The highest BCUT2D eigenvalue weighted by Crippen LogP contribution is 2.32. The third-order valence-electron chi connectivity index (χ3n) is 5.21. The summed E-state index contributed by atoms with van der Waals surface area (Å²) in [6.07, 6.45) is 0. The summed E-state index contributed by atoms with van der Waals surface area (Å²) in [6.45, 7) is 4.59. The summed E-state index contributed by atoms with van der Waals surface area (Å²) in [5, 5.41) is 18.5. The smallest absolute Gasteiger partial charge is 0.246 e. The molecule has 0 atom stereocenters. The molecule has 0 radical (unpaired) electrons. The van der Waals surface area contributed by atoms with Crippen LogP contribution in [0.4, 0.5) is 17.3 Å². The van der Waals surface area contributed by atoms with Crippen LogP contribution in [-0.2, 0) is 0 Å². The lowest BCUT2D eigenvalue weighted by Crippen LogP contribution is -2.35. The summed E-state index contributed by atoms with van der Waals surface area (Å²) >= 11 is 0. The molecule has 3 rings (SSSR count). The zero-order valence-corrected chi connectivity index (χ0v) is 19.2. The van der Waals surface area contributed by atoms with Crippen molar-refractivity contribution in [2.45, 2.75) is 19.9 Å². The van der Waals surface area contributed by atoms with Gasteiger partial charge in [0.2, 0.25) is 5.95 Å². The lowest BCUT2D eigenvalue weighted by molar-refractivity contribution is 0.298. The Labute approximate surface area is 185 Å². The minimum Gasteiger partial charge on any atom is -0.395 e. The van der Waals surface area contributed by atoms with E-state index in [1.165, 1.54) is 0 Å². The molecule has 7 heteroatoms. The van der Waals surface area contributed by atoms with E-state index in [4.69, 9.17) is 4.98 Å². The molecule has 2 aromatic carbocycles. The van der Waals surface area contributed by atoms with Gasteiger partial charge in [-0.2, -0.15) is 0 Å². The number of anilines is 3. The molecule has 0 amide bonds. The molecule has 0 aliphatic carbocycles. The highest BCUT2D eigenvalue weighted by Gasteiger charge is 2.19. The molecule has 0 aliphatic heterocycles. The maximum Gasteiger partial charge on any atom is 0.246 e. The Hall–Kier alpha value is -3.19. The quantitative estimate of drug-likeness (QED) is 0.598. The van der Waals surface area contributed by atoms with Crippen LogP contribution >= 0.6 is 0 Å². The Morgan fingerprint density at radius 2 is 1.23 bits per heavy atom. The second-order valence-electron chi connectivity index (χ2n) is 8.20. The highest BCUT2D eigenvalue weighted by molar-refractivity contribution is 5.79. The molecule has 3 aromatic rings. The summed E-state index contributed by atoms with van der Waals surface area (Å²) in [6, 6.07) is 16.6. The first-order chi connectivity index (χ1) is 14.8. The average Bonchev–Trinajstić information content (AvgIpc) is 2.77. The van der Waals surface area contributed by atoms with Crippen molar-refractivity contribution in [3.8, 4) is 22.5 Å². The summed E-state index contributed by atoms with van der Waals surface area (Å²) in [5.74, 6) is 0.518. The van der Waals surface area contributed by atoms with Gasteiger partial charge in [0.05, 0.1) is 6.61 Å². The minimum atomic E-state index is 0.0299. The maximum atomic E-state index is 9.49. The highest BCUT2D eigenvalue weighted by atomic mass is 16.3. The Kier molecular flexibility index (Phi) is 7.07. The van der Waals surface area contributed by atoms with E-state index in [1.807, 2.05) is 45.2 Å². The zero-order valence-electron chi connectivity index (χ0n) is 19.2. The van der Waals surface area contributed by atoms with Gasteiger partial charge in [-0.1, -0.05) is 24.3 Å². The SMILES string of the molecule is CC(C)N(CCO)c1nnc(-c2ccc(N(C)C)cc2)c(-c2ccc(N(C)C)cc2)n1. The van der Waals surface area contributed by atoms with Crippen LogP contribution in [0.3, 0.4) is 0 Å². The summed E-state index contributed by atoms with van der Waals surface area (Å²) in [7, 11) is 8.08. The second kappa shape index (κ2) is 9.75. The average molecular weight is 421 g/mol. The maximum absolute atomic E-state index is 9.49. The van der Waals surface area contributed by atoms with E-state index in [1.54, 1.807) is 0 Å². The Bertz CT molecular complexity index is 984. The molecule has 0 fully saturated rings. The van der Waals surface area contributed by atoms with Crippen molar-refractivity contribution in [3.63, 3.8) is 0 Å². The van der Waals surface area contributed by atoms with Gasteiger partial charge < -0.3 is 19.8 Å². The summed E-state index contributed by atoms with van der Waals surface area (Å²) in [4.78, 5) is 11.0. The van der Waals surface area contributed by atoms with Gasteiger partial charge in [-0.3, -0.25) is 0 Å². The number of benzene rings is 2. The molecule has 7 nitrogen and oxygen atoms in total. The van der Waals surface area contributed by atoms with Gasteiger partial charge in [0.1, 0.15) is 11.4 Å². The predicted octanol–water partition coefficient (Wildman–Crippen LogP) is 3.54. The molecule has 0 spiro atoms. The van der Waals surface area contributed by atoms with Crippen LogP contribution in [0.1, 0.15) is 13.8 Å². The number of aromatic nitrogens is 3. The molecule has 0 saturated heterocycles. The summed E-state index contributed by atoms with van der Waals surface area (Å²) in [5.41, 5.74) is 5.68. The van der Waals surface area contributed by atoms with Crippen molar-refractivity contribution in [2.75, 3.05) is 56.0 Å². The van der Waals surface area contributed by atoms with E-state index in [9.17, 15) is 5.11 Å². The molecule has 0 unspecified atom stereocenters. The number of hydrogen-bond acceptors (Lipinski definition) is 7. The Balaban J connectivity index is 2.13. The Morgan fingerprint density at radius 1 is 0.742 bits per heavy atom. The van der Waals surface area contributed by atoms with E-state index in [2.05, 4.69) is 70.2 Å². The second-order valence-corrected chi connectivity index (χ2v) is 8.20. The molecule has 1 heterocycles. The van der Waals surface area contributed by atoms with Gasteiger partial charge in [0, 0.05) is 63.3 Å². The standard InChI is InChI=1S/C24H32N6O/c1-17(2)30(15-16-31)24-25-22(18-7-11-20(12-8-18)28(3)4)23(26-27-24)19-9-13-21(14-10-19)29(5)6/h7-14,17,31H,15-16H2,1-6H3. The number of rotatable bonds is 8. The molecule has 164 valence electrons. The van der Waals surface area contributed by atoms with Crippen LogP contribution < -0.4 is 14.7 Å². The lowest BCUT2D eigenvalue weighted by atomic mass is 10.0. The first-order valence-corrected chi connectivity index (χ1v) is 10.5. The van der Waals surface area contributed by atoms with Crippen LogP contribution in [-0.4, -0.2) is 67.7 Å². The third kappa shape index (κ3) is 5.11. The van der Waals surface area contributed by atoms with Crippen LogP contribution in [0.15, 0.2) is 48.5 Å². The molecular weight excluding hydrogens is 388 g/mol. The van der Waals surface area contributed by atoms with Crippen molar-refractivity contribution in [1.29, 1.82) is 0 Å². The van der Waals surface area contributed by atoms with Crippen LogP contribution in [0, 0.1) is 0 Å². The van der Waals surface area contributed by atoms with E-state index in [-0.39, 0.29) is 12.6 Å². The molecule has 0 aliphatic rings. The monoisotopic (exact) mass is 420 g/mol. The van der Waals surface area contributed by atoms with Crippen LogP contribution in [0.25, 0.3) is 22.5 Å². The Morgan fingerprint density at radius 3 is 1.65 bits per heavy atom. The van der Waals surface area contributed by atoms with Crippen molar-refractivity contribution in [3.05, 3.63) is 48.5 Å². The van der Waals surface area contributed by atoms with Crippen molar-refractivity contribution in [1.82, 2.24) is 15.2 Å². The van der Waals surface area contributed by atoms with Gasteiger partial charge in [-0.15, -0.1) is 10.2 Å².